The second-order valence-corrected chi connectivity index (χ2v) is 9.11. The average molecular weight is 504 g/mol. The molecule has 1 aliphatic carbocycles. The zero-order valence-corrected chi connectivity index (χ0v) is 21.0. The molecular weight excluding hydrogens is 481 g/mol. The Labute approximate surface area is 213 Å². The third-order valence-corrected chi connectivity index (χ3v) is 6.23. The molecule has 1 N–H and O–H groups in total. The van der Waals surface area contributed by atoms with Crippen LogP contribution >= 0.6 is 23.2 Å². The van der Waals surface area contributed by atoms with Gasteiger partial charge in [0.2, 0.25) is 5.88 Å². The number of rotatable bonds is 5. The molecule has 6 nitrogen and oxygen atoms in total. The predicted octanol–water partition coefficient (Wildman–Crippen LogP) is 6.89. The van der Waals surface area contributed by atoms with Gasteiger partial charge in [-0.15, -0.1) is 0 Å². The van der Waals surface area contributed by atoms with Crippen LogP contribution in [0.1, 0.15) is 13.8 Å². The van der Waals surface area contributed by atoms with Gasteiger partial charge in [0, 0.05) is 17.9 Å². The molecule has 3 aromatic rings. The number of benzene rings is 3. The Morgan fingerprint density at radius 2 is 1.77 bits per heavy atom. The summed E-state index contributed by atoms with van der Waals surface area (Å²) in [6.45, 7) is 4.09. The number of nitrogens with zero attached hydrogens (tertiary/aromatic N) is 4. The van der Waals surface area contributed by atoms with Crippen LogP contribution in [0.25, 0.3) is 28.1 Å². The molecule has 0 fully saturated rings. The summed E-state index contributed by atoms with van der Waals surface area (Å²) in [4.78, 5) is 14.2. The fraction of sp³-hybridized carbons (Fsp3) is 0.148. The third kappa shape index (κ3) is 4.55. The normalized spacial score (nSPS) is 12.0. The summed E-state index contributed by atoms with van der Waals surface area (Å²) in [5.41, 5.74) is 5.92. The SMILES string of the molecule is COc1ncccc1Nc1cc2nc3ccccc3n(-c3ccc(Cl)c(Cl)c3)c-2cc1=NC(C)C. The van der Waals surface area contributed by atoms with Gasteiger partial charge in [-0.1, -0.05) is 35.3 Å². The Balaban J connectivity index is 1.83. The molecule has 2 aliphatic rings. The van der Waals surface area contributed by atoms with Crippen molar-refractivity contribution >= 4 is 45.6 Å². The number of methoxy groups -OCH3 is 1. The number of para-hydroxylation sites is 2. The molecule has 0 radical (unpaired) electrons. The van der Waals surface area contributed by atoms with E-state index in [1.807, 2.05) is 74.5 Å². The van der Waals surface area contributed by atoms with Gasteiger partial charge < -0.3 is 14.6 Å². The van der Waals surface area contributed by atoms with Crippen LogP contribution in [0.3, 0.4) is 0 Å². The number of hydrogen-bond donors (Lipinski definition) is 1. The average Bonchev–Trinajstić information content (AvgIpc) is 2.85. The summed E-state index contributed by atoms with van der Waals surface area (Å²) in [7, 11) is 1.60. The lowest BCUT2D eigenvalue weighted by Gasteiger charge is -2.21. The zero-order valence-electron chi connectivity index (χ0n) is 19.5. The first-order valence-electron chi connectivity index (χ1n) is 11.2. The number of hydrogen-bond acceptors (Lipinski definition) is 5. The molecule has 0 saturated heterocycles. The lowest BCUT2D eigenvalue weighted by Crippen LogP contribution is -2.16. The quantitative estimate of drug-likeness (QED) is 0.265. The minimum Gasteiger partial charge on any atom is -0.480 e. The lowest BCUT2D eigenvalue weighted by atomic mass is 10.1. The summed E-state index contributed by atoms with van der Waals surface area (Å²) in [6.07, 6.45) is 1.69. The minimum atomic E-state index is 0.0793. The first kappa shape index (κ1) is 23.1. The number of fused-ring (bicyclic) bond motifs is 2. The second-order valence-electron chi connectivity index (χ2n) is 8.30. The molecule has 1 aromatic heterocycles. The Bertz CT molecular complexity index is 1580. The molecular formula is C27H23Cl2N5O. The van der Waals surface area contributed by atoms with Crippen LogP contribution in [-0.4, -0.2) is 27.7 Å². The molecule has 2 aromatic carbocycles. The van der Waals surface area contributed by atoms with Gasteiger partial charge in [-0.25, -0.2) is 9.97 Å². The van der Waals surface area contributed by atoms with Crippen molar-refractivity contribution in [1.29, 1.82) is 0 Å². The van der Waals surface area contributed by atoms with E-state index in [1.165, 1.54) is 0 Å². The fourth-order valence-electron chi connectivity index (χ4n) is 4.02. The topological polar surface area (TPSA) is 64.3 Å². The summed E-state index contributed by atoms with van der Waals surface area (Å²) < 4.78 is 7.57. The molecule has 8 heteroatoms. The highest BCUT2D eigenvalue weighted by Crippen LogP contribution is 2.33. The summed E-state index contributed by atoms with van der Waals surface area (Å²) in [5.74, 6) is 0.500. The molecule has 0 bridgehead atoms. The van der Waals surface area contributed by atoms with Crippen LogP contribution < -0.4 is 15.4 Å². The monoisotopic (exact) mass is 503 g/mol. The summed E-state index contributed by atoms with van der Waals surface area (Å²) >= 11 is 12.6. The van der Waals surface area contributed by atoms with Crippen molar-refractivity contribution < 1.29 is 4.74 Å². The number of halogens is 2. The van der Waals surface area contributed by atoms with E-state index in [-0.39, 0.29) is 6.04 Å². The van der Waals surface area contributed by atoms with Crippen molar-refractivity contribution in [3.05, 3.63) is 88.3 Å². The van der Waals surface area contributed by atoms with Crippen LogP contribution in [0.4, 0.5) is 11.4 Å². The predicted molar refractivity (Wildman–Crippen MR) is 142 cm³/mol. The Morgan fingerprint density at radius 3 is 2.54 bits per heavy atom. The van der Waals surface area contributed by atoms with Crippen LogP contribution in [-0.2, 0) is 0 Å². The van der Waals surface area contributed by atoms with Crippen LogP contribution in [0.5, 0.6) is 5.88 Å². The smallest absolute Gasteiger partial charge is 0.237 e. The van der Waals surface area contributed by atoms with Crippen molar-refractivity contribution in [2.45, 2.75) is 19.9 Å². The van der Waals surface area contributed by atoms with Crippen LogP contribution in [0.2, 0.25) is 10.0 Å². The number of anilines is 2. The molecule has 5 rings (SSSR count). The minimum absolute atomic E-state index is 0.0793. The fourth-order valence-corrected chi connectivity index (χ4v) is 4.32. The van der Waals surface area contributed by atoms with E-state index in [4.69, 9.17) is 37.9 Å². The van der Waals surface area contributed by atoms with Crippen molar-refractivity contribution in [3.8, 4) is 23.0 Å². The maximum atomic E-state index is 6.40. The second kappa shape index (κ2) is 9.56. The molecule has 2 heterocycles. The summed E-state index contributed by atoms with van der Waals surface area (Å²) in [5, 5.41) is 5.23. The molecule has 0 unspecified atom stereocenters. The van der Waals surface area contributed by atoms with Gasteiger partial charge in [-0.2, -0.15) is 0 Å². The van der Waals surface area contributed by atoms with E-state index in [2.05, 4.69) is 14.9 Å². The van der Waals surface area contributed by atoms with Crippen molar-refractivity contribution in [2.24, 2.45) is 4.99 Å². The molecule has 176 valence electrons. The summed E-state index contributed by atoms with van der Waals surface area (Å²) in [6, 6.07) is 21.5. The number of pyridine rings is 1. The maximum absolute atomic E-state index is 6.40. The van der Waals surface area contributed by atoms with Crippen molar-refractivity contribution in [3.63, 3.8) is 0 Å². The lowest BCUT2D eigenvalue weighted by molar-refractivity contribution is 0.400. The van der Waals surface area contributed by atoms with Crippen molar-refractivity contribution in [1.82, 2.24) is 14.5 Å². The Morgan fingerprint density at radius 1 is 0.943 bits per heavy atom. The van der Waals surface area contributed by atoms with E-state index in [1.54, 1.807) is 19.4 Å². The highest BCUT2D eigenvalue weighted by atomic mass is 35.5. The molecule has 0 spiro atoms. The van der Waals surface area contributed by atoms with E-state index < -0.39 is 0 Å². The first-order valence-corrected chi connectivity index (χ1v) is 11.9. The van der Waals surface area contributed by atoms with Gasteiger partial charge >= 0.3 is 0 Å². The Kier molecular flexibility index (Phi) is 6.32. The van der Waals surface area contributed by atoms with Crippen molar-refractivity contribution in [2.75, 3.05) is 12.4 Å². The third-order valence-electron chi connectivity index (χ3n) is 5.49. The maximum Gasteiger partial charge on any atom is 0.237 e. The van der Waals surface area contributed by atoms with Gasteiger partial charge in [-0.3, -0.25) is 4.99 Å². The van der Waals surface area contributed by atoms with Gasteiger partial charge in [0.25, 0.3) is 0 Å². The molecule has 0 atom stereocenters. The number of ether oxygens (including phenoxy) is 1. The van der Waals surface area contributed by atoms with Crippen LogP contribution in [0.15, 0.2) is 77.9 Å². The first-order chi connectivity index (χ1) is 16.9. The van der Waals surface area contributed by atoms with E-state index >= 15 is 0 Å². The van der Waals surface area contributed by atoms with Gasteiger partial charge in [-0.05, 0) is 68.4 Å². The molecule has 0 saturated carbocycles. The molecule has 1 aliphatic heterocycles. The standard InChI is InChI=1S/C27H23Cl2N5O/c1-16(2)31-23-15-26-24(14-22(23)33-21-8-6-12-30-27(21)35-3)32-20-7-4-5-9-25(20)34(26)17-10-11-18(28)19(29)13-17/h4-16,33H,1-3H3. The number of nitrogens with one attached hydrogen (secondary N) is 1. The van der Waals surface area contributed by atoms with Crippen LogP contribution in [0, 0.1) is 0 Å². The molecule has 0 amide bonds. The highest BCUT2D eigenvalue weighted by Gasteiger charge is 2.18. The van der Waals surface area contributed by atoms with E-state index in [9.17, 15) is 0 Å². The largest absolute Gasteiger partial charge is 0.480 e. The highest BCUT2D eigenvalue weighted by molar-refractivity contribution is 6.42. The zero-order chi connectivity index (χ0) is 24.5. The number of aromatic nitrogens is 3. The van der Waals surface area contributed by atoms with E-state index in [0.717, 1.165) is 44.8 Å². The van der Waals surface area contributed by atoms with Gasteiger partial charge in [0.05, 0.1) is 50.6 Å². The Hall–Kier alpha value is -3.61. The van der Waals surface area contributed by atoms with E-state index in [0.29, 0.717) is 15.9 Å². The van der Waals surface area contributed by atoms with Gasteiger partial charge in [0.15, 0.2) is 0 Å². The van der Waals surface area contributed by atoms with Gasteiger partial charge in [0.1, 0.15) is 5.69 Å². The molecule has 35 heavy (non-hydrogen) atoms.